The standard InChI is InChI=1S/C13H15N3O4S/c1-2-6-16-12(14-9-15-16)8-21(19,20)11-5-3-4-10(7-11)13(17)18/h3-5,7,9H,2,6,8H2,1H3,(H,17,18). The summed E-state index contributed by atoms with van der Waals surface area (Å²) in [6.07, 6.45) is 2.12. The van der Waals surface area contributed by atoms with Crippen LogP contribution < -0.4 is 0 Å². The second kappa shape index (κ2) is 6.04. The molecule has 0 fully saturated rings. The number of hydrogen-bond acceptors (Lipinski definition) is 5. The Morgan fingerprint density at radius 2 is 2.14 bits per heavy atom. The summed E-state index contributed by atoms with van der Waals surface area (Å²) in [5.74, 6) is -1.13. The van der Waals surface area contributed by atoms with Crippen LogP contribution >= 0.6 is 0 Å². The Bertz CT molecular complexity index is 752. The first-order chi connectivity index (χ1) is 9.94. The molecule has 1 aromatic heterocycles. The van der Waals surface area contributed by atoms with E-state index in [-0.39, 0.29) is 16.2 Å². The van der Waals surface area contributed by atoms with Gasteiger partial charge in [-0.25, -0.2) is 22.9 Å². The molecule has 0 saturated heterocycles. The van der Waals surface area contributed by atoms with Gasteiger partial charge in [0.1, 0.15) is 17.9 Å². The molecule has 8 heteroatoms. The maximum absolute atomic E-state index is 12.4. The number of aromatic nitrogens is 3. The minimum absolute atomic E-state index is 0.0338. The number of sulfone groups is 1. The highest BCUT2D eigenvalue weighted by molar-refractivity contribution is 7.90. The van der Waals surface area contributed by atoms with Crippen molar-refractivity contribution in [3.05, 3.63) is 42.0 Å². The SMILES string of the molecule is CCCn1ncnc1CS(=O)(=O)c1cccc(C(=O)O)c1. The molecule has 1 N–H and O–H groups in total. The first-order valence-electron chi connectivity index (χ1n) is 6.37. The van der Waals surface area contributed by atoms with E-state index < -0.39 is 15.8 Å². The van der Waals surface area contributed by atoms with Crippen LogP contribution in [0.15, 0.2) is 35.5 Å². The molecule has 0 atom stereocenters. The second-order valence-corrected chi connectivity index (χ2v) is 6.48. The molecule has 112 valence electrons. The topological polar surface area (TPSA) is 102 Å². The third-order valence-corrected chi connectivity index (χ3v) is 4.50. The van der Waals surface area contributed by atoms with E-state index in [0.29, 0.717) is 12.4 Å². The molecule has 21 heavy (non-hydrogen) atoms. The highest BCUT2D eigenvalue weighted by atomic mass is 32.2. The lowest BCUT2D eigenvalue weighted by atomic mass is 10.2. The smallest absolute Gasteiger partial charge is 0.335 e. The summed E-state index contributed by atoms with van der Waals surface area (Å²) in [6, 6.07) is 5.29. The first kappa shape index (κ1) is 15.2. The normalized spacial score (nSPS) is 11.5. The Kier molecular flexibility index (Phi) is 4.37. The van der Waals surface area contributed by atoms with Gasteiger partial charge in [-0.3, -0.25) is 0 Å². The van der Waals surface area contributed by atoms with Gasteiger partial charge in [-0.1, -0.05) is 13.0 Å². The average molecular weight is 309 g/mol. The molecule has 7 nitrogen and oxygen atoms in total. The van der Waals surface area contributed by atoms with Crippen molar-refractivity contribution in [1.82, 2.24) is 14.8 Å². The molecule has 0 unspecified atom stereocenters. The fraction of sp³-hybridized carbons (Fsp3) is 0.308. The molecule has 2 aromatic rings. The van der Waals surface area contributed by atoms with Crippen molar-refractivity contribution in [2.45, 2.75) is 30.5 Å². The van der Waals surface area contributed by atoms with E-state index in [0.717, 1.165) is 12.5 Å². The largest absolute Gasteiger partial charge is 0.478 e. The molecule has 1 aromatic carbocycles. The fourth-order valence-corrected chi connectivity index (χ4v) is 3.20. The van der Waals surface area contributed by atoms with Crippen molar-refractivity contribution < 1.29 is 18.3 Å². The van der Waals surface area contributed by atoms with Crippen LogP contribution in [-0.4, -0.2) is 34.3 Å². The zero-order chi connectivity index (χ0) is 15.5. The van der Waals surface area contributed by atoms with Gasteiger partial charge in [0, 0.05) is 6.54 Å². The Hall–Kier alpha value is -2.22. The molecule has 0 radical (unpaired) electrons. The highest BCUT2D eigenvalue weighted by Crippen LogP contribution is 2.17. The van der Waals surface area contributed by atoms with Gasteiger partial charge in [0.2, 0.25) is 0 Å². The lowest BCUT2D eigenvalue weighted by molar-refractivity contribution is 0.0696. The Morgan fingerprint density at radius 3 is 2.81 bits per heavy atom. The molecule has 0 aliphatic carbocycles. The number of carbonyl (C=O) groups is 1. The van der Waals surface area contributed by atoms with Crippen LogP contribution in [0.1, 0.15) is 29.5 Å². The van der Waals surface area contributed by atoms with Crippen LogP contribution in [0.3, 0.4) is 0 Å². The Balaban J connectivity index is 2.32. The van der Waals surface area contributed by atoms with E-state index in [9.17, 15) is 13.2 Å². The molecule has 0 bridgehead atoms. The van der Waals surface area contributed by atoms with Gasteiger partial charge in [-0.05, 0) is 24.6 Å². The van der Waals surface area contributed by atoms with Crippen molar-refractivity contribution in [2.24, 2.45) is 0 Å². The van der Waals surface area contributed by atoms with Crippen LogP contribution in [0.25, 0.3) is 0 Å². The second-order valence-electron chi connectivity index (χ2n) is 4.49. The average Bonchev–Trinajstić information content (AvgIpc) is 2.86. The Morgan fingerprint density at radius 1 is 1.38 bits per heavy atom. The lowest BCUT2D eigenvalue weighted by Gasteiger charge is -2.06. The molecule has 0 aliphatic rings. The van der Waals surface area contributed by atoms with Gasteiger partial charge in [-0.2, -0.15) is 5.10 Å². The van der Waals surface area contributed by atoms with Gasteiger partial charge in [0.05, 0.1) is 10.5 Å². The maximum atomic E-state index is 12.4. The monoisotopic (exact) mass is 309 g/mol. The Labute approximate surface area is 122 Å². The maximum Gasteiger partial charge on any atom is 0.335 e. The third kappa shape index (κ3) is 3.46. The number of benzene rings is 1. The number of carboxylic acids is 1. The van der Waals surface area contributed by atoms with Gasteiger partial charge in [0.25, 0.3) is 0 Å². The van der Waals surface area contributed by atoms with E-state index in [2.05, 4.69) is 10.1 Å². The van der Waals surface area contributed by atoms with Crippen LogP contribution in [0.2, 0.25) is 0 Å². The molecule has 2 rings (SSSR count). The highest BCUT2D eigenvalue weighted by Gasteiger charge is 2.20. The van der Waals surface area contributed by atoms with Crippen molar-refractivity contribution in [3.63, 3.8) is 0 Å². The summed E-state index contributed by atoms with van der Waals surface area (Å²) < 4.78 is 26.3. The summed E-state index contributed by atoms with van der Waals surface area (Å²) >= 11 is 0. The quantitative estimate of drug-likeness (QED) is 0.864. The zero-order valence-corrected chi connectivity index (χ0v) is 12.2. The van der Waals surface area contributed by atoms with Gasteiger partial charge < -0.3 is 5.11 Å². The number of aromatic carboxylic acids is 1. The fourth-order valence-electron chi connectivity index (χ4n) is 1.87. The van der Waals surface area contributed by atoms with Gasteiger partial charge >= 0.3 is 5.97 Å². The predicted molar refractivity (Wildman–Crippen MR) is 74.6 cm³/mol. The molecular weight excluding hydrogens is 294 g/mol. The van der Waals surface area contributed by atoms with Crippen LogP contribution in [0.5, 0.6) is 0 Å². The summed E-state index contributed by atoms with van der Waals surface area (Å²) in [5, 5.41) is 12.9. The minimum Gasteiger partial charge on any atom is -0.478 e. The molecular formula is C13H15N3O4S. The molecule has 0 aliphatic heterocycles. The first-order valence-corrected chi connectivity index (χ1v) is 8.02. The summed E-state index contributed by atoms with van der Waals surface area (Å²) in [5.41, 5.74) is -0.0638. The zero-order valence-electron chi connectivity index (χ0n) is 11.4. The molecule has 0 amide bonds. The van der Waals surface area contributed by atoms with E-state index in [4.69, 9.17) is 5.11 Å². The minimum atomic E-state index is -3.67. The number of carboxylic acid groups (broad SMARTS) is 1. The summed E-state index contributed by atoms with van der Waals surface area (Å²) in [4.78, 5) is 14.8. The van der Waals surface area contributed by atoms with Gasteiger partial charge in [0.15, 0.2) is 9.84 Å². The van der Waals surface area contributed by atoms with Crippen LogP contribution in [-0.2, 0) is 22.1 Å². The third-order valence-electron chi connectivity index (χ3n) is 2.89. The van der Waals surface area contributed by atoms with E-state index in [1.54, 1.807) is 4.68 Å². The van der Waals surface area contributed by atoms with Crippen LogP contribution in [0.4, 0.5) is 0 Å². The van der Waals surface area contributed by atoms with Crippen molar-refractivity contribution in [3.8, 4) is 0 Å². The predicted octanol–water partition coefficient (Wildman–Crippen LogP) is 1.36. The van der Waals surface area contributed by atoms with Crippen LogP contribution in [0, 0.1) is 0 Å². The van der Waals surface area contributed by atoms with Crippen molar-refractivity contribution in [1.29, 1.82) is 0 Å². The summed E-state index contributed by atoms with van der Waals surface area (Å²) in [7, 11) is -3.67. The molecule has 0 spiro atoms. The van der Waals surface area contributed by atoms with E-state index >= 15 is 0 Å². The van der Waals surface area contributed by atoms with Gasteiger partial charge in [-0.15, -0.1) is 0 Å². The number of hydrogen-bond donors (Lipinski definition) is 1. The number of nitrogens with zero attached hydrogens (tertiary/aromatic N) is 3. The molecule has 1 heterocycles. The number of aryl methyl sites for hydroxylation is 1. The number of rotatable bonds is 6. The van der Waals surface area contributed by atoms with E-state index in [1.807, 2.05) is 6.92 Å². The lowest BCUT2D eigenvalue weighted by Crippen LogP contribution is -2.12. The summed E-state index contributed by atoms with van der Waals surface area (Å²) in [6.45, 7) is 2.54. The van der Waals surface area contributed by atoms with E-state index in [1.165, 1.54) is 24.5 Å². The van der Waals surface area contributed by atoms with Crippen molar-refractivity contribution in [2.75, 3.05) is 0 Å². The van der Waals surface area contributed by atoms with Crippen molar-refractivity contribution >= 4 is 15.8 Å². The molecule has 0 saturated carbocycles.